The van der Waals surface area contributed by atoms with E-state index in [0.29, 0.717) is 25.0 Å². The van der Waals surface area contributed by atoms with Gasteiger partial charge in [-0.3, -0.25) is 0 Å². The van der Waals surface area contributed by atoms with Crippen LogP contribution in [0.3, 0.4) is 0 Å². The van der Waals surface area contributed by atoms with Gasteiger partial charge in [-0.25, -0.2) is 0 Å². The Morgan fingerprint density at radius 3 is 2.00 bits per heavy atom. The van der Waals surface area contributed by atoms with Gasteiger partial charge in [0.1, 0.15) is 6.29 Å². The highest BCUT2D eigenvalue weighted by atomic mass is 16.5. The van der Waals surface area contributed by atoms with E-state index in [2.05, 4.69) is 5.92 Å². The van der Waals surface area contributed by atoms with Gasteiger partial charge in [-0.05, 0) is 19.3 Å². The SMILES string of the molecule is C#CC1CCOC1.O=CC1CCOC1.OCC1CCOC1. The predicted molar refractivity (Wildman–Crippen MR) is 78.8 cm³/mol. The van der Waals surface area contributed by atoms with E-state index in [1.807, 2.05) is 0 Å². The number of ether oxygens (including phenoxy) is 3. The Bertz CT molecular complexity index is 294. The molecule has 120 valence electrons. The number of hydrogen-bond acceptors (Lipinski definition) is 5. The van der Waals surface area contributed by atoms with E-state index in [9.17, 15) is 4.79 Å². The highest BCUT2D eigenvalue weighted by Crippen LogP contribution is 2.10. The number of carbonyl (C=O) groups excluding carboxylic acids is 1. The second kappa shape index (κ2) is 11.7. The molecule has 0 aromatic heterocycles. The quantitative estimate of drug-likeness (QED) is 0.606. The summed E-state index contributed by atoms with van der Waals surface area (Å²) in [6.07, 6.45) is 9.08. The monoisotopic (exact) mass is 298 g/mol. The van der Waals surface area contributed by atoms with Gasteiger partial charge in [0.15, 0.2) is 0 Å². The third-order valence-electron chi connectivity index (χ3n) is 3.60. The van der Waals surface area contributed by atoms with Crippen LogP contribution in [-0.2, 0) is 19.0 Å². The molecule has 3 fully saturated rings. The van der Waals surface area contributed by atoms with Crippen LogP contribution in [0.4, 0.5) is 0 Å². The van der Waals surface area contributed by atoms with Crippen molar-refractivity contribution < 1.29 is 24.1 Å². The van der Waals surface area contributed by atoms with E-state index in [4.69, 9.17) is 25.7 Å². The van der Waals surface area contributed by atoms with Crippen molar-refractivity contribution in [2.45, 2.75) is 19.3 Å². The Balaban J connectivity index is 0.000000157. The van der Waals surface area contributed by atoms with Gasteiger partial charge in [0.25, 0.3) is 0 Å². The molecule has 3 unspecified atom stereocenters. The largest absolute Gasteiger partial charge is 0.396 e. The number of rotatable bonds is 2. The second-order valence-electron chi connectivity index (χ2n) is 5.40. The summed E-state index contributed by atoms with van der Waals surface area (Å²) >= 11 is 0. The summed E-state index contributed by atoms with van der Waals surface area (Å²) in [6.45, 7) is 4.93. The van der Waals surface area contributed by atoms with Crippen molar-refractivity contribution in [2.75, 3.05) is 46.2 Å². The second-order valence-corrected chi connectivity index (χ2v) is 5.40. The van der Waals surface area contributed by atoms with E-state index < -0.39 is 0 Å². The molecule has 3 heterocycles. The van der Waals surface area contributed by atoms with Gasteiger partial charge >= 0.3 is 0 Å². The molecular weight excluding hydrogens is 272 g/mol. The van der Waals surface area contributed by atoms with Crippen molar-refractivity contribution in [1.29, 1.82) is 0 Å². The van der Waals surface area contributed by atoms with E-state index in [1.54, 1.807) is 0 Å². The molecule has 3 aliphatic heterocycles. The molecular formula is C16H26O5. The number of aldehydes is 1. The van der Waals surface area contributed by atoms with Crippen LogP contribution in [0.25, 0.3) is 0 Å². The Morgan fingerprint density at radius 2 is 1.71 bits per heavy atom. The first-order chi connectivity index (χ1) is 10.3. The smallest absolute Gasteiger partial charge is 0.125 e. The molecule has 0 aromatic carbocycles. The molecule has 0 bridgehead atoms. The molecule has 3 rings (SSSR count). The molecule has 0 amide bonds. The summed E-state index contributed by atoms with van der Waals surface area (Å²) in [5.41, 5.74) is 0. The first kappa shape index (κ1) is 18.1. The predicted octanol–water partition coefficient (Wildman–Crippen LogP) is 0.893. The van der Waals surface area contributed by atoms with Crippen molar-refractivity contribution in [3.63, 3.8) is 0 Å². The van der Waals surface area contributed by atoms with Gasteiger partial charge in [-0.1, -0.05) is 0 Å². The van der Waals surface area contributed by atoms with Crippen molar-refractivity contribution >= 4 is 6.29 Å². The molecule has 0 spiro atoms. The molecule has 1 N–H and O–H groups in total. The zero-order valence-corrected chi connectivity index (χ0v) is 12.5. The maximum atomic E-state index is 9.93. The lowest BCUT2D eigenvalue weighted by Gasteiger charge is -1.96. The molecule has 5 heteroatoms. The number of aliphatic hydroxyl groups excluding tert-OH is 1. The summed E-state index contributed by atoms with van der Waals surface area (Å²) in [5.74, 6) is 3.67. The van der Waals surface area contributed by atoms with Crippen LogP contribution in [0.1, 0.15) is 19.3 Å². The Labute approximate surface area is 127 Å². The van der Waals surface area contributed by atoms with Crippen molar-refractivity contribution in [2.24, 2.45) is 17.8 Å². The molecule has 0 aliphatic carbocycles. The molecule has 0 saturated carbocycles. The summed E-state index contributed by atoms with van der Waals surface area (Å²) in [6, 6.07) is 0. The highest BCUT2D eigenvalue weighted by Gasteiger charge is 2.13. The van der Waals surface area contributed by atoms with Crippen LogP contribution in [0, 0.1) is 30.1 Å². The lowest BCUT2D eigenvalue weighted by Crippen LogP contribution is -2.03. The number of carbonyl (C=O) groups is 1. The Kier molecular flexibility index (Phi) is 10.1. The lowest BCUT2D eigenvalue weighted by atomic mass is 10.1. The van der Waals surface area contributed by atoms with E-state index in [1.165, 1.54) is 0 Å². The summed E-state index contributed by atoms with van der Waals surface area (Å²) in [5, 5.41) is 8.49. The molecule has 0 aromatic rings. The molecule has 3 aliphatic rings. The van der Waals surface area contributed by atoms with Crippen LogP contribution in [0.2, 0.25) is 0 Å². The number of terminal acetylenes is 1. The lowest BCUT2D eigenvalue weighted by molar-refractivity contribution is -0.111. The first-order valence-corrected chi connectivity index (χ1v) is 7.55. The standard InChI is InChI=1S/C6H8O.C5H10O2.C5H8O2/c1-2-6-3-4-7-5-6;2*6-3-5-1-2-7-4-5/h1,6H,3-5H2;5-6H,1-4H2;3,5H,1-2,4H2. The average Bonchev–Trinajstić information content (AvgIpc) is 3.31. The fourth-order valence-corrected chi connectivity index (χ4v) is 2.05. The fourth-order valence-electron chi connectivity index (χ4n) is 2.05. The van der Waals surface area contributed by atoms with Gasteiger partial charge in [-0.2, -0.15) is 0 Å². The average molecular weight is 298 g/mol. The first-order valence-electron chi connectivity index (χ1n) is 7.55. The van der Waals surface area contributed by atoms with Crippen LogP contribution < -0.4 is 0 Å². The minimum absolute atomic E-state index is 0.194. The van der Waals surface area contributed by atoms with Gasteiger partial charge in [-0.15, -0.1) is 12.3 Å². The van der Waals surface area contributed by atoms with Gasteiger partial charge in [0.2, 0.25) is 0 Å². The van der Waals surface area contributed by atoms with Crippen LogP contribution in [-0.4, -0.2) is 57.6 Å². The minimum Gasteiger partial charge on any atom is -0.396 e. The van der Waals surface area contributed by atoms with Gasteiger partial charge in [0.05, 0.1) is 19.8 Å². The van der Waals surface area contributed by atoms with Crippen LogP contribution in [0.5, 0.6) is 0 Å². The Hall–Kier alpha value is -0.930. The van der Waals surface area contributed by atoms with E-state index >= 15 is 0 Å². The molecule has 5 nitrogen and oxygen atoms in total. The zero-order chi connectivity index (χ0) is 15.3. The Morgan fingerprint density at radius 1 is 1.05 bits per heavy atom. The number of aliphatic hydroxyl groups is 1. The van der Waals surface area contributed by atoms with Gasteiger partial charge in [0, 0.05) is 44.2 Å². The van der Waals surface area contributed by atoms with Crippen molar-refractivity contribution in [3.05, 3.63) is 0 Å². The summed E-state index contributed by atoms with van der Waals surface area (Å²) in [7, 11) is 0. The maximum absolute atomic E-state index is 9.93. The third-order valence-corrected chi connectivity index (χ3v) is 3.60. The fraction of sp³-hybridized carbons (Fsp3) is 0.812. The van der Waals surface area contributed by atoms with Gasteiger partial charge < -0.3 is 24.1 Å². The van der Waals surface area contributed by atoms with E-state index in [0.717, 1.165) is 58.6 Å². The van der Waals surface area contributed by atoms with Crippen LogP contribution in [0.15, 0.2) is 0 Å². The zero-order valence-electron chi connectivity index (χ0n) is 12.5. The maximum Gasteiger partial charge on any atom is 0.125 e. The highest BCUT2D eigenvalue weighted by molar-refractivity contribution is 5.53. The summed E-state index contributed by atoms with van der Waals surface area (Å²) in [4.78, 5) is 9.93. The van der Waals surface area contributed by atoms with Crippen LogP contribution >= 0.6 is 0 Å². The number of hydrogen-bond donors (Lipinski definition) is 1. The van der Waals surface area contributed by atoms with E-state index in [-0.39, 0.29) is 5.92 Å². The third kappa shape index (κ3) is 8.18. The van der Waals surface area contributed by atoms with Crippen molar-refractivity contribution in [1.82, 2.24) is 0 Å². The minimum atomic E-state index is 0.194. The molecule has 21 heavy (non-hydrogen) atoms. The molecule has 3 atom stereocenters. The normalized spacial score (nSPS) is 30.6. The molecule has 3 saturated heterocycles. The van der Waals surface area contributed by atoms with Crippen molar-refractivity contribution in [3.8, 4) is 12.3 Å². The summed E-state index contributed by atoms with van der Waals surface area (Å²) < 4.78 is 14.9. The molecule has 0 radical (unpaired) electrons. The topological polar surface area (TPSA) is 65.0 Å².